The molecule has 1 heterocycles. The van der Waals surface area contributed by atoms with Crippen molar-refractivity contribution in [1.82, 2.24) is 9.80 Å². The molecule has 0 aromatic rings. The molecule has 0 radical (unpaired) electrons. The molecule has 8 nitrogen and oxygen atoms in total. The highest BCUT2D eigenvalue weighted by atomic mass is 16.6. The van der Waals surface area contributed by atoms with Gasteiger partial charge in [-0.3, -0.25) is 4.79 Å². The number of rotatable bonds is 6. The molecule has 0 saturated carbocycles. The van der Waals surface area contributed by atoms with Crippen molar-refractivity contribution in [2.45, 2.75) is 77.2 Å². The number of carboxylic acid groups (broad SMARTS) is 1. The summed E-state index contributed by atoms with van der Waals surface area (Å²) in [4.78, 5) is 37.8. The molecule has 0 bridgehead atoms. The summed E-state index contributed by atoms with van der Waals surface area (Å²) < 4.78 is 5.43. The molecule has 2 amide bonds. The van der Waals surface area contributed by atoms with Crippen LogP contribution in [0.2, 0.25) is 0 Å². The number of aliphatic hydroxyl groups excluding tert-OH is 1. The first kappa shape index (κ1) is 20.2. The molecule has 3 unspecified atom stereocenters. The third kappa shape index (κ3) is 4.59. The normalized spacial score (nSPS) is 23.5. The van der Waals surface area contributed by atoms with Crippen molar-refractivity contribution in [1.29, 1.82) is 0 Å². The zero-order valence-corrected chi connectivity index (χ0v) is 14.9. The van der Waals surface area contributed by atoms with Crippen molar-refractivity contribution < 1.29 is 29.3 Å². The first-order valence-electron chi connectivity index (χ1n) is 8.11. The van der Waals surface area contributed by atoms with Crippen molar-refractivity contribution in [2.75, 3.05) is 6.61 Å². The average Bonchev–Trinajstić information content (AvgIpc) is 2.83. The Balaban J connectivity index is 3.01. The summed E-state index contributed by atoms with van der Waals surface area (Å²) in [6.07, 6.45) is 1.29. The van der Waals surface area contributed by atoms with Crippen LogP contribution < -0.4 is 0 Å². The predicted octanol–water partition coefficient (Wildman–Crippen LogP) is 1.07. The molecule has 8 heteroatoms. The number of nitrogens with zero attached hydrogens (tertiary/aromatic N) is 2. The second kappa shape index (κ2) is 7.83. The molecule has 1 aliphatic rings. The molecule has 0 aromatic heterocycles. The largest absolute Gasteiger partial charge is 0.480 e. The Morgan fingerprint density at radius 3 is 2.38 bits per heavy atom. The second-order valence-electron chi connectivity index (χ2n) is 7.21. The van der Waals surface area contributed by atoms with Gasteiger partial charge in [-0.2, -0.15) is 0 Å². The van der Waals surface area contributed by atoms with Gasteiger partial charge in [-0.15, -0.1) is 0 Å². The zero-order chi connectivity index (χ0) is 18.7. The lowest BCUT2D eigenvalue weighted by Gasteiger charge is -2.39. The number of hydrogen-bond acceptors (Lipinski definition) is 5. The topological polar surface area (TPSA) is 107 Å². The van der Waals surface area contributed by atoms with Crippen LogP contribution in [0.5, 0.6) is 0 Å². The van der Waals surface area contributed by atoms with Crippen LogP contribution in [-0.4, -0.2) is 74.9 Å². The molecule has 0 spiro atoms. The lowest BCUT2D eigenvalue weighted by molar-refractivity contribution is -0.150. The molecule has 24 heavy (non-hydrogen) atoms. The summed E-state index contributed by atoms with van der Waals surface area (Å²) in [6.45, 7) is 8.20. The number of carbonyl (C=O) groups is 3. The highest BCUT2D eigenvalue weighted by Crippen LogP contribution is 2.30. The third-order valence-corrected chi connectivity index (χ3v) is 4.28. The van der Waals surface area contributed by atoms with Crippen LogP contribution in [0.1, 0.15) is 47.5 Å². The summed E-state index contributed by atoms with van der Waals surface area (Å²) in [5.74, 6) is -1.29. The number of carbonyl (C=O) groups excluding carboxylic acids is 2. The molecule has 138 valence electrons. The van der Waals surface area contributed by atoms with Crippen LogP contribution in [0.15, 0.2) is 0 Å². The number of carboxylic acids is 1. The molecule has 0 aliphatic carbocycles. The Bertz CT molecular complexity index is 476. The lowest BCUT2D eigenvalue weighted by Crippen LogP contribution is -2.56. The van der Waals surface area contributed by atoms with E-state index >= 15 is 0 Å². The molecule has 4 atom stereocenters. The van der Waals surface area contributed by atoms with Gasteiger partial charge in [-0.05, 0) is 47.5 Å². The van der Waals surface area contributed by atoms with E-state index in [1.165, 1.54) is 0 Å². The minimum atomic E-state index is -1.34. The van der Waals surface area contributed by atoms with E-state index in [1.807, 2.05) is 6.92 Å². The van der Waals surface area contributed by atoms with Gasteiger partial charge in [-0.25, -0.2) is 9.59 Å². The van der Waals surface area contributed by atoms with E-state index in [2.05, 4.69) is 0 Å². The standard InChI is InChI=1S/C16H28N2O6/c1-10-6-7-12(18(10)15(23)24-16(3,4)5)11(2)17(9-20)13(8-19)14(21)22/h9-13,19H,6-8H2,1-5H3,(H,21,22)/t10?,11?,12?,13-/m0/s1. The first-order valence-corrected chi connectivity index (χ1v) is 8.11. The average molecular weight is 344 g/mol. The number of hydrogen-bond donors (Lipinski definition) is 2. The number of aliphatic hydroxyl groups is 1. The van der Waals surface area contributed by atoms with E-state index in [1.54, 1.807) is 32.6 Å². The molecule has 0 aromatic carbocycles. The summed E-state index contributed by atoms with van der Waals surface area (Å²) in [6, 6.07) is -2.34. The highest BCUT2D eigenvalue weighted by Gasteiger charge is 2.43. The second-order valence-corrected chi connectivity index (χ2v) is 7.21. The zero-order valence-electron chi connectivity index (χ0n) is 14.9. The van der Waals surface area contributed by atoms with E-state index in [0.29, 0.717) is 12.8 Å². The van der Waals surface area contributed by atoms with Gasteiger partial charge < -0.3 is 24.7 Å². The maximum atomic E-state index is 12.5. The van der Waals surface area contributed by atoms with Gasteiger partial charge in [0, 0.05) is 6.04 Å². The molecular formula is C16H28N2O6. The van der Waals surface area contributed by atoms with Gasteiger partial charge in [0.25, 0.3) is 0 Å². The van der Waals surface area contributed by atoms with Crippen LogP contribution >= 0.6 is 0 Å². The molecule has 1 fully saturated rings. The van der Waals surface area contributed by atoms with E-state index in [0.717, 1.165) is 11.3 Å². The van der Waals surface area contributed by atoms with Gasteiger partial charge in [0.05, 0.1) is 18.7 Å². The fraction of sp³-hybridized carbons (Fsp3) is 0.812. The van der Waals surface area contributed by atoms with Gasteiger partial charge >= 0.3 is 12.1 Å². The van der Waals surface area contributed by atoms with Gasteiger partial charge in [0.1, 0.15) is 5.60 Å². The van der Waals surface area contributed by atoms with Crippen LogP contribution in [0.25, 0.3) is 0 Å². The Hall–Kier alpha value is -1.83. The van der Waals surface area contributed by atoms with E-state index < -0.39 is 36.4 Å². The molecular weight excluding hydrogens is 316 g/mol. The molecule has 2 N–H and O–H groups in total. The fourth-order valence-corrected chi connectivity index (χ4v) is 3.07. The Morgan fingerprint density at radius 2 is 1.96 bits per heavy atom. The molecule has 1 aliphatic heterocycles. The van der Waals surface area contributed by atoms with Crippen LogP contribution in [0, 0.1) is 0 Å². The van der Waals surface area contributed by atoms with E-state index in [-0.39, 0.29) is 12.1 Å². The van der Waals surface area contributed by atoms with Crippen molar-refractivity contribution in [3.63, 3.8) is 0 Å². The smallest absolute Gasteiger partial charge is 0.410 e. The number of aliphatic carboxylic acids is 1. The van der Waals surface area contributed by atoms with Crippen molar-refractivity contribution in [2.24, 2.45) is 0 Å². The number of amides is 2. The van der Waals surface area contributed by atoms with Crippen LogP contribution in [0.4, 0.5) is 4.79 Å². The highest BCUT2D eigenvalue weighted by molar-refractivity contribution is 5.76. The van der Waals surface area contributed by atoms with Gasteiger partial charge in [-0.1, -0.05) is 0 Å². The fourth-order valence-electron chi connectivity index (χ4n) is 3.07. The maximum Gasteiger partial charge on any atom is 0.410 e. The van der Waals surface area contributed by atoms with Crippen LogP contribution in [0.3, 0.4) is 0 Å². The Morgan fingerprint density at radius 1 is 1.38 bits per heavy atom. The quantitative estimate of drug-likeness (QED) is 0.698. The molecule has 1 rings (SSSR count). The van der Waals surface area contributed by atoms with Crippen LogP contribution in [-0.2, 0) is 14.3 Å². The summed E-state index contributed by atoms with van der Waals surface area (Å²) in [7, 11) is 0. The Kier molecular flexibility index (Phi) is 6.59. The summed E-state index contributed by atoms with van der Waals surface area (Å²) in [5.41, 5.74) is -0.647. The lowest BCUT2D eigenvalue weighted by atomic mass is 10.0. The summed E-state index contributed by atoms with van der Waals surface area (Å²) >= 11 is 0. The van der Waals surface area contributed by atoms with Gasteiger partial charge in [0.15, 0.2) is 6.04 Å². The minimum absolute atomic E-state index is 0.0711. The monoisotopic (exact) mass is 344 g/mol. The van der Waals surface area contributed by atoms with Crippen molar-refractivity contribution >= 4 is 18.5 Å². The molecule has 1 saturated heterocycles. The minimum Gasteiger partial charge on any atom is -0.480 e. The van der Waals surface area contributed by atoms with E-state index in [9.17, 15) is 24.6 Å². The number of ether oxygens (including phenoxy) is 1. The van der Waals surface area contributed by atoms with Crippen molar-refractivity contribution in [3.8, 4) is 0 Å². The van der Waals surface area contributed by atoms with Crippen molar-refractivity contribution in [3.05, 3.63) is 0 Å². The third-order valence-electron chi connectivity index (χ3n) is 4.28. The predicted molar refractivity (Wildman–Crippen MR) is 86.4 cm³/mol. The SMILES string of the molecule is CC1CCC(C(C)N(C=O)[C@@H](CO)C(=O)O)N1C(=O)OC(C)(C)C. The maximum absolute atomic E-state index is 12.5. The van der Waals surface area contributed by atoms with E-state index in [4.69, 9.17) is 4.74 Å². The Labute approximate surface area is 142 Å². The number of likely N-dealkylation sites (tertiary alicyclic amines) is 1. The van der Waals surface area contributed by atoms with Gasteiger partial charge in [0.2, 0.25) is 6.41 Å². The summed E-state index contributed by atoms with van der Waals surface area (Å²) in [5, 5.41) is 18.5. The first-order chi connectivity index (χ1) is 11.0.